The zero-order valence-corrected chi connectivity index (χ0v) is 13.7. The van der Waals surface area contributed by atoms with Gasteiger partial charge in [0.05, 0.1) is 0 Å². The van der Waals surface area contributed by atoms with E-state index in [1.807, 2.05) is 13.8 Å². The van der Waals surface area contributed by atoms with Crippen molar-refractivity contribution in [3.63, 3.8) is 0 Å². The Morgan fingerprint density at radius 2 is 1.94 bits per heavy atom. The van der Waals surface area contributed by atoms with Crippen LogP contribution in [0.3, 0.4) is 0 Å². The van der Waals surface area contributed by atoms with Crippen LogP contribution in [0.5, 0.6) is 0 Å². The summed E-state index contributed by atoms with van der Waals surface area (Å²) in [6.45, 7) is 5.62. The van der Waals surface area contributed by atoms with Gasteiger partial charge in [-0.15, -0.1) is 0 Å². The van der Waals surface area contributed by atoms with Gasteiger partial charge in [0.25, 0.3) is 0 Å². The van der Waals surface area contributed by atoms with E-state index in [0.717, 1.165) is 5.57 Å². The summed E-state index contributed by atoms with van der Waals surface area (Å²) in [7, 11) is -1.34. The van der Waals surface area contributed by atoms with E-state index >= 15 is 0 Å². The maximum absolute atomic E-state index is 11.9. The van der Waals surface area contributed by atoms with E-state index in [1.54, 1.807) is 6.92 Å². The molecule has 1 rings (SSSR count). The van der Waals surface area contributed by atoms with Gasteiger partial charge >= 0.3 is 0 Å². The normalized spacial score (nSPS) is 22.8. The van der Waals surface area contributed by atoms with Crippen molar-refractivity contribution in [1.82, 2.24) is 0 Å². The molecule has 1 aliphatic carbocycles. The number of halogens is 2. The molecule has 0 amide bonds. The lowest BCUT2D eigenvalue weighted by atomic mass is 9.86. The first-order valence-electron chi connectivity index (χ1n) is 5.37. The van der Waals surface area contributed by atoms with E-state index in [2.05, 4.69) is 0 Å². The van der Waals surface area contributed by atoms with Gasteiger partial charge in [0, 0.05) is 31.9 Å². The monoisotopic (exact) mass is 324 g/mol. The molecule has 0 aliphatic heterocycles. The number of rotatable bonds is 3. The number of carbonyl (C=O) groups excluding carboxylic acids is 1. The van der Waals surface area contributed by atoms with Crippen molar-refractivity contribution in [3.05, 3.63) is 21.1 Å². The quantitative estimate of drug-likeness (QED) is 0.588. The number of hydrogen-bond acceptors (Lipinski definition) is 3. The van der Waals surface area contributed by atoms with Crippen LogP contribution in [-0.2, 0) is 15.6 Å². The van der Waals surface area contributed by atoms with Crippen LogP contribution in [0.2, 0.25) is 0 Å². The fourth-order valence-electron chi connectivity index (χ4n) is 1.97. The molecule has 0 saturated heterocycles. The Bertz CT molecular complexity index is 504. The highest BCUT2D eigenvalue weighted by molar-refractivity contribution is 7.88. The van der Waals surface area contributed by atoms with Crippen LogP contribution in [0.1, 0.15) is 20.8 Å². The van der Waals surface area contributed by atoms with E-state index < -0.39 is 22.0 Å². The van der Waals surface area contributed by atoms with Crippen molar-refractivity contribution in [1.29, 1.82) is 0 Å². The van der Waals surface area contributed by atoms with Crippen molar-refractivity contribution >= 4 is 56.3 Å². The Morgan fingerprint density at radius 1 is 1.44 bits per heavy atom. The molecule has 0 aromatic carbocycles. The smallest absolute Gasteiger partial charge is 0.235 e. The minimum atomic E-state index is -1.34. The van der Waals surface area contributed by atoms with Crippen LogP contribution >= 0.6 is 35.4 Å². The molecule has 0 bridgehead atoms. The summed E-state index contributed by atoms with van der Waals surface area (Å²) in [4.78, 5) is 12.4. The predicted octanol–water partition coefficient (Wildman–Crippen LogP) is 3.55. The molecule has 6 heteroatoms. The first kappa shape index (κ1) is 16.0. The largest absolute Gasteiger partial charge is 0.280 e. The Labute approximate surface area is 125 Å². The first-order chi connectivity index (χ1) is 8.20. The molecule has 1 aliphatic rings. The van der Waals surface area contributed by atoms with Gasteiger partial charge in [-0.05, 0) is 35.6 Å². The maximum atomic E-state index is 11.9. The molecule has 100 valence electrons. The van der Waals surface area contributed by atoms with Crippen molar-refractivity contribution in [2.45, 2.75) is 20.8 Å². The molecule has 0 saturated carbocycles. The molecule has 2 unspecified atom stereocenters. The van der Waals surface area contributed by atoms with Gasteiger partial charge in [-0.2, -0.15) is 0 Å². The molecule has 0 heterocycles. The maximum Gasteiger partial charge on any atom is 0.235 e. The fourth-order valence-corrected chi connectivity index (χ4v) is 4.46. The third-order valence-electron chi connectivity index (χ3n) is 2.84. The summed E-state index contributed by atoms with van der Waals surface area (Å²) in [6.07, 6.45) is 1.51. The van der Waals surface area contributed by atoms with E-state index in [9.17, 15) is 9.00 Å². The lowest BCUT2D eigenvalue weighted by Crippen LogP contribution is -2.30. The zero-order valence-electron chi connectivity index (χ0n) is 10.5. The van der Waals surface area contributed by atoms with Crippen LogP contribution < -0.4 is 0 Å². The highest BCUT2D eigenvalue weighted by atomic mass is 35.5. The lowest BCUT2D eigenvalue weighted by Gasteiger charge is -2.28. The molecular weight excluding hydrogens is 311 g/mol. The van der Waals surface area contributed by atoms with Gasteiger partial charge in [-0.1, -0.05) is 37.7 Å². The molecule has 0 aromatic heterocycles. The SMILES string of the molecule is CC1=C(Cl)C(C(C)C)=C(S(C)=O)C(C(=O)Cl)C1=S. The Kier molecular flexibility index (Phi) is 5.30. The third-order valence-corrected chi connectivity index (χ3v) is 5.16. The van der Waals surface area contributed by atoms with Crippen LogP contribution in [0.25, 0.3) is 0 Å². The second-order valence-corrected chi connectivity index (χ2v) is 6.97. The first-order valence-corrected chi connectivity index (χ1v) is 8.10. The number of thiocarbonyl (C=S) groups is 1. The van der Waals surface area contributed by atoms with Crippen molar-refractivity contribution in [2.75, 3.05) is 6.26 Å². The predicted molar refractivity (Wildman–Crippen MR) is 81.4 cm³/mol. The van der Waals surface area contributed by atoms with Gasteiger partial charge < -0.3 is 0 Å². The molecule has 0 fully saturated rings. The molecule has 0 spiro atoms. The number of carbonyl (C=O) groups is 1. The van der Waals surface area contributed by atoms with Crippen LogP contribution in [-0.4, -0.2) is 20.6 Å². The fraction of sp³-hybridized carbons (Fsp3) is 0.500. The summed E-state index contributed by atoms with van der Waals surface area (Å²) >= 11 is 17.1. The minimum Gasteiger partial charge on any atom is -0.280 e. The molecular formula is C12H14Cl2O2S2. The molecule has 0 aromatic rings. The molecule has 2 atom stereocenters. The second kappa shape index (κ2) is 5.95. The minimum absolute atomic E-state index is 0.0490. The van der Waals surface area contributed by atoms with Crippen molar-refractivity contribution in [2.24, 2.45) is 11.8 Å². The average Bonchev–Trinajstić information content (AvgIpc) is 2.23. The lowest BCUT2D eigenvalue weighted by molar-refractivity contribution is -0.112. The number of allylic oxidation sites excluding steroid dienone is 4. The average molecular weight is 325 g/mol. The Balaban J connectivity index is 3.65. The summed E-state index contributed by atoms with van der Waals surface area (Å²) in [5.74, 6) is -0.750. The molecule has 0 N–H and O–H groups in total. The summed E-state index contributed by atoms with van der Waals surface area (Å²) < 4.78 is 11.9. The Hall–Kier alpha value is -0.0300. The van der Waals surface area contributed by atoms with E-state index in [1.165, 1.54) is 6.26 Å². The van der Waals surface area contributed by atoms with E-state index in [4.69, 9.17) is 35.4 Å². The molecule has 2 nitrogen and oxygen atoms in total. The summed E-state index contributed by atoms with van der Waals surface area (Å²) in [6, 6.07) is 0. The third kappa shape index (κ3) is 2.77. The van der Waals surface area contributed by atoms with Gasteiger partial charge in [0.2, 0.25) is 5.24 Å². The van der Waals surface area contributed by atoms with Gasteiger partial charge in [0.1, 0.15) is 5.92 Å². The Morgan fingerprint density at radius 3 is 2.28 bits per heavy atom. The standard InChI is InChI=1S/C12H14Cl2O2S2/c1-5(2)7-9(13)6(3)10(17)8(12(14)15)11(7)18(4)16/h5,8H,1-4H3. The number of hydrogen-bond donors (Lipinski definition) is 0. The van der Waals surface area contributed by atoms with Gasteiger partial charge in [-0.25, -0.2) is 0 Å². The van der Waals surface area contributed by atoms with Crippen LogP contribution in [0, 0.1) is 11.8 Å². The van der Waals surface area contributed by atoms with Crippen LogP contribution in [0.15, 0.2) is 21.1 Å². The van der Waals surface area contributed by atoms with Gasteiger partial charge in [-0.3, -0.25) is 9.00 Å². The second-order valence-electron chi connectivity index (χ2n) is 4.43. The highest BCUT2D eigenvalue weighted by Gasteiger charge is 2.37. The van der Waals surface area contributed by atoms with E-state index in [-0.39, 0.29) is 5.92 Å². The van der Waals surface area contributed by atoms with Crippen molar-refractivity contribution in [3.8, 4) is 0 Å². The summed E-state index contributed by atoms with van der Waals surface area (Å²) in [5, 5.41) is -0.110. The molecule has 0 radical (unpaired) electrons. The molecule has 18 heavy (non-hydrogen) atoms. The van der Waals surface area contributed by atoms with Crippen molar-refractivity contribution < 1.29 is 9.00 Å². The van der Waals surface area contributed by atoms with E-state index in [0.29, 0.717) is 20.4 Å². The summed E-state index contributed by atoms with van der Waals surface area (Å²) in [5.41, 5.74) is 1.39. The topological polar surface area (TPSA) is 34.1 Å². The zero-order chi connectivity index (χ0) is 14.2. The van der Waals surface area contributed by atoms with Crippen LogP contribution in [0.4, 0.5) is 0 Å². The van der Waals surface area contributed by atoms with Gasteiger partial charge in [0.15, 0.2) is 0 Å². The highest BCUT2D eigenvalue weighted by Crippen LogP contribution is 2.40.